The Morgan fingerprint density at radius 3 is 2.60 bits per heavy atom. The van der Waals surface area contributed by atoms with Gasteiger partial charge in [-0.3, -0.25) is 14.6 Å². The molecule has 0 aromatic rings. The number of imide groups is 1. The van der Waals surface area contributed by atoms with E-state index < -0.39 is 37.2 Å². The molecule has 0 bridgehead atoms. The SMILES string of the molecule is C=CCN1C(=O)CCN([C@@H]2O[C@H](CO)[C@@H](O)[C@H]2O)C1=O. The van der Waals surface area contributed by atoms with Crippen LogP contribution in [0, 0.1) is 0 Å². The quantitative estimate of drug-likeness (QED) is 0.529. The molecule has 2 heterocycles. The van der Waals surface area contributed by atoms with Crippen molar-refractivity contribution in [2.75, 3.05) is 19.7 Å². The van der Waals surface area contributed by atoms with Gasteiger partial charge in [0, 0.05) is 19.5 Å². The number of ether oxygens (including phenoxy) is 1. The van der Waals surface area contributed by atoms with Crippen LogP contribution in [0.3, 0.4) is 0 Å². The summed E-state index contributed by atoms with van der Waals surface area (Å²) in [4.78, 5) is 26.1. The minimum atomic E-state index is -1.32. The third-order valence-electron chi connectivity index (χ3n) is 3.48. The Hall–Kier alpha value is -1.48. The van der Waals surface area contributed by atoms with Crippen molar-refractivity contribution in [3.8, 4) is 0 Å². The average molecular weight is 286 g/mol. The van der Waals surface area contributed by atoms with Gasteiger partial charge in [0.15, 0.2) is 6.23 Å². The number of hydrogen-bond donors (Lipinski definition) is 3. The summed E-state index contributed by atoms with van der Waals surface area (Å²) in [5.74, 6) is -0.321. The summed E-state index contributed by atoms with van der Waals surface area (Å²) in [5.41, 5.74) is 0. The number of hydrogen-bond acceptors (Lipinski definition) is 6. The number of amides is 3. The fourth-order valence-electron chi connectivity index (χ4n) is 2.39. The highest BCUT2D eigenvalue weighted by molar-refractivity contribution is 5.97. The van der Waals surface area contributed by atoms with Gasteiger partial charge < -0.3 is 20.1 Å². The number of carbonyl (C=O) groups excluding carboxylic acids is 2. The summed E-state index contributed by atoms with van der Waals surface area (Å²) in [6.07, 6.45) is -3.09. The molecule has 2 rings (SSSR count). The van der Waals surface area contributed by atoms with Crippen LogP contribution in [0.2, 0.25) is 0 Å². The Kier molecular flexibility index (Phi) is 4.39. The van der Waals surface area contributed by atoms with E-state index in [-0.39, 0.29) is 25.4 Å². The van der Waals surface area contributed by atoms with E-state index in [9.17, 15) is 19.8 Å². The minimum absolute atomic E-state index is 0.0724. The second-order valence-electron chi connectivity index (χ2n) is 4.75. The Labute approximate surface area is 115 Å². The van der Waals surface area contributed by atoms with Gasteiger partial charge in [0.2, 0.25) is 5.91 Å². The smallest absolute Gasteiger partial charge is 0.329 e. The van der Waals surface area contributed by atoms with E-state index >= 15 is 0 Å². The van der Waals surface area contributed by atoms with Crippen LogP contribution in [-0.4, -0.2) is 81.3 Å². The predicted molar refractivity (Wildman–Crippen MR) is 66.4 cm³/mol. The number of urea groups is 1. The van der Waals surface area contributed by atoms with Crippen LogP contribution in [0.5, 0.6) is 0 Å². The summed E-state index contributed by atoms with van der Waals surface area (Å²) in [6, 6.07) is -0.601. The lowest BCUT2D eigenvalue weighted by Crippen LogP contribution is -2.58. The van der Waals surface area contributed by atoms with Crippen molar-refractivity contribution in [2.24, 2.45) is 0 Å². The number of aliphatic hydroxyl groups excluding tert-OH is 3. The maximum atomic E-state index is 12.2. The van der Waals surface area contributed by atoms with Gasteiger partial charge in [-0.15, -0.1) is 6.58 Å². The normalized spacial score (nSPS) is 34.8. The molecular formula is C12H18N2O6. The fourth-order valence-corrected chi connectivity index (χ4v) is 2.39. The van der Waals surface area contributed by atoms with Gasteiger partial charge in [0.1, 0.15) is 18.3 Å². The predicted octanol–water partition coefficient (Wildman–Crippen LogP) is -1.73. The van der Waals surface area contributed by atoms with Gasteiger partial charge in [0.25, 0.3) is 0 Å². The number of carbonyl (C=O) groups is 2. The summed E-state index contributed by atoms with van der Waals surface area (Å²) in [5, 5.41) is 28.6. The maximum Gasteiger partial charge on any atom is 0.329 e. The van der Waals surface area contributed by atoms with Gasteiger partial charge in [-0.05, 0) is 0 Å². The van der Waals surface area contributed by atoms with E-state index in [2.05, 4.69) is 6.58 Å². The van der Waals surface area contributed by atoms with E-state index in [0.29, 0.717) is 0 Å². The van der Waals surface area contributed by atoms with Crippen molar-refractivity contribution in [3.05, 3.63) is 12.7 Å². The minimum Gasteiger partial charge on any atom is -0.394 e. The highest BCUT2D eigenvalue weighted by Crippen LogP contribution is 2.26. The second-order valence-corrected chi connectivity index (χ2v) is 4.75. The maximum absolute atomic E-state index is 12.2. The molecule has 0 aliphatic carbocycles. The molecule has 0 saturated carbocycles. The van der Waals surface area contributed by atoms with Gasteiger partial charge >= 0.3 is 6.03 Å². The van der Waals surface area contributed by atoms with Crippen LogP contribution in [0.15, 0.2) is 12.7 Å². The molecule has 0 radical (unpaired) electrons. The highest BCUT2D eigenvalue weighted by atomic mass is 16.6. The number of rotatable bonds is 4. The lowest BCUT2D eigenvalue weighted by atomic mass is 10.1. The third kappa shape index (κ3) is 2.42. The third-order valence-corrected chi connectivity index (χ3v) is 3.48. The zero-order valence-electron chi connectivity index (χ0n) is 10.9. The summed E-state index contributed by atoms with van der Waals surface area (Å²) in [7, 11) is 0. The highest BCUT2D eigenvalue weighted by Gasteiger charge is 2.48. The zero-order chi connectivity index (χ0) is 14.9. The first kappa shape index (κ1) is 14.9. The molecule has 3 amide bonds. The van der Waals surface area contributed by atoms with Gasteiger partial charge in [-0.1, -0.05) is 6.08 Å². The molecule has 8 nitrogen and oxygen atoms in total. The molecule has 4 atom stereocenters. The molecule has 2 saturated heterocycles. The topological polar surface area (TPSA) is 111 Å². The average Bonchev–Trinajstić information content (AvgIpc) is 2.71. The van der Waals surface area contributed by atoms with Crippen LogP contribution in [-0.2, 0) is 9.53 Å². The largest absolute Gasteiger partial charge is 0.394 e. The Balaban J connectivity index is 2.14. The lowest BCUT2D eigenvalue weighted by Gasteiger charge is -2.37. The summed E-state index contributed by atoms with van der Waals surface area (Å²) >= 11 is 0. The molecule has 2 aliphatic heterocycles. The van der Waals surface area contributed by atoms with Crippen LogP contribution in [0.25, 0.3) is 0 Å². The summed E-state index contributed by atoms with van der Waals surface area (Å²) in [6.45, 7) is 3.18. The van der Waals surface area contributed by atoms with Crippen molar-refractivity contribution in [2.45, 2.75) is 31.0 Å². The first-order valence-electron chi connectivity index (χ1n) is 6.35. The van der Waals surface area contributed by atoms with Crippen molar-refractivity contribution in [3.63, 3.8) is 0 Å². The molecule has 20 heavy (non-hydrogen) atoms. The molecule has 0 aromatic heterocycles. The lowest BCUT2D eigenvalue weighted by molar-refractivity contribution is -0.136. The van der Waals surface area contributed by atoms with Crippen LogP contribution in [0.4, 0.5) is 4.79 Å². The molecule has 0 spiro atoms. The van der Waals surface area contributed by atoms with Gasteiger partial charge in [0.05, 0.1) is 6.61 Å². The van der Waals surface area contributed by atoms with Crippen LogP contribution in [0.1, 0.15) is 6.42 Å². The number of aliphatic hydroxyl groups is 3. The van der Waals surface area contributed by atoms with Crippen LogP contribution < -0.4 is 0 Å². The Morgan fingerprint density at radius 2 is 2.05 bits per heavy atom. The van der Waals surface area contributed by atoms with Crippen molar-refractivity contribution in [1.29, 1.82) is 0 Å². The van der Waals surface area contributed by atoms with E-state index in [1.165, 1.54) is 11.0 Å². The van der Waals surface area contributed by atoms with Gasteiger partial charge in [-0.25, -0.2) is 4.79 Å². The van der Waals surface area contributed by atoms with E-state index in [0.717, 1.165) is 4.90 Å². The molecule has 0 unspecified atom stereocenters. The zero-order valence-corrected chi connectivity index (χ0v) is 10.9. The fraction of sp³-hybridized carbons (Fsp3) is 0.667. The second kappa shape index (κ2) is 5.88. The van der Waals surface area contributed by atoms with Crippen molar-refractivity contribution in [1.82, 2.24) is 9.80 Å². The Morgan fingerprint density at radius 1 is 1.35 bits per heavy atom. The molecule has 112 valence electrons. The molecule has 0 aromatic carbocycles. The molecule has 8 heteroatoms. The molecular weight excluding hydrogens is 268 g/mol. The van der Waals surface area contributed by atoms with Crippen molar-refractivity contribution < 1.29 is 29.6 Å². The molecule has 3 N–H and O–H groups in total. The van der Waals surface area contributed by atoms with Crippen LogP contribution >= 0.6 is 0 Å². The molecule has 2 fully saturated rings. The summed E-state index contributed by atoms with van der Waals surface area (Å²) < 4.78 is 5.30. The van der Waals surface area contributed by atoms with E-state index in [1.807, 2.05) is 0 Å². The van der Waals surface area contributed by atoms with E-state index in [1.54, 1.807) is 0 Å². The van der Waals surface area contributed by atoms with Gasteiger partial charge in [-0.2, -0.15) is 0 Å². The first-order chi connectivity index (χ1) is 9.51. The van der Waals surface area contributed by atoms with Crippen molar-refractivity contribution >= 4 is 11.9 Å². The molecule has 2 aliphatic rings. The Bertz CT molecular complexity index is 415. The number of nitrogens with zero attached hydrogens (tertiary/aromatic N) is 2. The standard InChI is InChI=1S/C12H18N2O6/c1-2-4-13-8(16)3-5-14(12(13)19)11-10(18)9(17)7(6-15)20-11/h2,7,9-11,15,17-18H,1,3-6H2/t7-,9-,10-,11-/m1/s1. The monoisotopic (exact) mass is 286 g/mol. The van der Waals surface area contributed by atoms with E-state index in [4.69, 9.17) is 9.84 Å². The first-order valence-corrected chi connectivity index (χ1v) is 6.35.